The Balaban J connectivity index is 2.18. The van der Waals surface area contributed by atoms with Crippen molar-refractivity contribution in [3.8, 4) is 5.82 Å². The Morgan fingerprint density at radius 3 is 2.83 bits per heavy atom. The summed E-state index contributed by atoms with van der Waals surface area (Å²) < 4.78 is 1.78. The van der Waals surface area contributed by atoms with Crippen LogP contribution in [0, 0.1) is 0 Å². The highest BCUT2D eigenvalue weighted by Gasteiger charge is 2.33. The van der Waals surface area contributed by atoms with Crippen LogP contribution in [0.4, 0.5) is 5.82 Å². The van der Waals surface area contributed by atoms with Gasteiger partial charge in [-0.2, -0.15) is 9.78 Å². The number of aromatic nitrogens is 3. The van der Waals surface area contributed by atoms with E-state index in [2.05, 4.69) is 23.9 Å². The molecule has 0 unspecified atom stereocenters. The normalized spacial score (nSPS) is 17.4. The third-order valence-electron chi connectivity index (χ3n) is 3.75. The molecule has 0 bridgehead atoms. The molecule has 0 aliphatic heterocycles. The van der Waals surface area contributed by atoms with Crippen LogP contribution in [-0.4, -0.2) is 14.8 Å². The highest BCUT2D eigenvalue weighted by Crippen LogP contribution is 2.40. The summed E-state index contributed by atoms with van der Waals surface area (Å²) in [5.74, 6) is 1.54. The molecule has 0 saturated heterocycles. The first-order valence-corrected chi connectivity index (χ1v) is 6.39. The summed E-state index contributed by atoms with van der Waals surface area (Å²) in [6, 6.07) is 5.78. The number of nitrogens with zero attached hydrogens (tertiary/aromatic N) is 3. The Kier molecular flexibility index (Phi) is 2.40. The van der Waals surface area contributed by atoms with Crippen LogP contribution in [0.2, 0.25) is 0 Å². The van der Waals surface area contributed by atoms with E-state index in [-0.39, 0.29) is 5.41 Å². The van der Waals surface area contributed by atoms with Gasteiger partial charge < -0.3 is 5.73 Å². The summed E-state index contributed by atoms with van der Waals surface area (Å²) in [7, 11) is 0. The molecule has 4 nitrogen and oxygen atoms in total. The van der Waals surface area contributed by atoms with Crippen LogP contribution in [0.25, 0.3) is 5.82 Å². The van der Waals surface area contributed by atoms with Crippen LogP contribution in [0.3, 0.4) is 0 Å². The maximum Gasteiger partial charge on any atom is 0.155 e. The number of anilines is 1. The third kappa shape index (κ3) is 1.60. The second-order valence-electron chi connectivity index (χ2n) is 5.54. The number of nitrogen functional groups attached to an aromatic ring is 1. The number of hydrogen-bond donors (Lipinski definition) is 1. The van der Waals surface area contributed by atoms with Gasteiger partial charge in [0.05, 0.1) is 5.69 Å². The molecule has 0 fully saturated rings. The van der Waals surface area contributed by atoms with Crippen molar-refractivity contribution in [2.75, 3.05) is 5.73 Å². The van der Waals surface area contributed by atoms with Gasteiger partial charge in [-0.05, 0) is 36.8 Å². The van der Waals surface area contributed by atoms with Gasteiger partial charge in [-0.25, -0.2) is 4.98 Å². The fourth-order valence-corrected chi connectivity index (χ4v) is 2.87. The van der Waals surface area contributed by atoms with Crippen LogP contribution in [0.1, 0.15) is 37.9 Å². The fourth-order valence-electron chi connectivity index (χ4n) is 2.87. The molecule has 2 aromatic heterocycles. The number of rotatable bonds is 1. The van der Waals surface area contributed by atoms with Gasteiger partial charge in [0.1, 0.15) is 5.82 Å². The number of aryl methyl sites for hydroxylation is 1. The van der Waals surface area contributed by atoms with E-state index in [4.69, 9.17) is 5.73 Å². The van der Waals surface area contributed by atoms with Gasteiger partial charge in [0.25, 0.3) is 0 Å². The zero-order valence-corrected chi connectivity index (χ0v) is 10.8. The summed E-state index contributed by atoms with van der Waals surface area (Å²) in [5, 5.41) is 4.65. The number of pyridine rings is 1. The lowest BCUT2D eigenvalue weighted by Crippen LogP contribution is -2.24. The number of hydrogen-bond acceptors (Lipinski definition) is 3. The van der Waals surface area contributed by atoms with Crippen molar-refractivity contribution < 1.29 is 0 Å². The molecule has 0 radical (unpaired) electrons. The van der Waals surface area contributed by atoms with Crippen LogP contribution < -0.4 is 5.73 Å². The molecule has 4 heteroatoms. The van der Waals surface area contributed by atoms with Gasteiger partial charge in [0.2, 0.25) is 0 Å². The maximum atomic E-state index is 6.29. The van der Waals surface area contributed by atoms with Crippen LogP contribution in [0.15, 0.2) is 24.4 Å². The molecule has 0 atom stereocenters. The summed E-state index contributed by atoms with van der Waals surface area (Å²) in [4.78, 5) is 4.32. The monoisotopic (exact) mass is 242 g/mol. The smallest absolute Gasteiger partial charge is 0.155 e. The largest absolute Gasteiger partial charge is 0.383 e. The summed E-state index contributed by atoms with van der Waals surface area (Å²) in [6.45, 7) is 4.48. The predicted octanol–water partition coefficient (Wildman–Crippen LogP) is 2.46. The van der Waals surface area contributed by atoms with Crippen molar-refractivity contribution in [2.45, 2.75) is 38.5 Å². The molecule has 0 saturated carbocycles. The number of fused-ring (bicyclic) bond motifs is 1. The molecule has 2 heterocycles. The molecular formula is C14H18N4. The first-order chi connectivity index (χ1) is 8.59. The topological polar surface area (TPSA) is 56.7 Å². The minimum atomic E-state index is 0.116. The average Bonchev–Trinajstić information content (AvgIpc) is 2.69. The Morgan fingerprint density at radius 2 is 2.17 bits per heavy atom. The van der Waals surface area contributed by atoms with E-state index >= 15 is 0 Å². The SMILES string of the molecule is CC1(C)CCCc2nn(-c3ccccn3)c(N)c21. The minimum Gasteiger partial charge on any atom is -0.383 e. The quantitative estimate of drug-likeness (QED) is 0.835. The third-order valence-corrected chi connectivity index (χ3v) is 3.75. The molecule has 1 aliphatic rings. The maximum absolute atomic E-state index is 6.29. The Hall–Kier alpha value is -1.84. The lowest BCUT2D eigenvalue weighted by Gasteiger charge is -2.29. The van der Waals surface area contributed by atoms with E-state index in [1.54, 1.807) is 10.9 Å². The molecule has 2 N–H and O–H groups in total. The van der Waals surface area contributed by atoms with Crippen molar-refractivity contribution in [3.63, 3.8) is 0 Å². The van der Waals surface area contributed by atoms with Gasteiger partial charge in [0.15, 0.2) is 5.82 Å². The van der Waals surface area contributed by atoms with Gasteiger partial charge in [-0.15, -0.1) is 0 Å². The van der Waals surface area contributed by atoms with Crippen molar-refractivity contribution in [1.82, 2.24) is 14.8 Å². The van der Waals surface area contributed by atoms with Crippen molar-refractivity contribution >= 4 is 5.82 Å². The van der Waals surface area contributed by atoms with Crippen molar-refractivity contribution in [3.05, 3.63) is 35.7 Å². The molecule has 0 amide bonds. The molecular weight excluding hydrogens is 224 g/mol. The molecule has 2 aromatic rings. The van der Waals surface area contributed by atoms with Crippen molar-refractivity contribution in [2.24, 2.45) is 0 Å². The van der Waals surface area contributed by atoms with Gasteiger partial charge >= 0.3 is 0 Å². The number of nitrogens with two attached hydrogens (primary N) is 1. The van der Waals surface area contributed by atoms with E-state index < -0.39 is 0 Å². The van der Waals surface area contributed by atoms with E-state index in [0.29, 0.717) is 0 Å². The van der Waals surface area contributed by atoms with E-state index in [9.17, 15) is 0 Å². The lowest BCUT2D eigenvalue weighted by atomic mass is 9.75. The second-order valence-corrected chi connectivity index (χ2v) is 5.54. The summed E-state index contributed by atoms with van der Waals surface area (Å²) >= 11 is 0. The Morgan fingerprint density at radius 1 is 1.33 bits per heavy atom. The molecule has 94 valence electrons. The highest BCUT2D eigenvalue weighted by atomic mass is 15.3. The van der Waals surface area contributed by atoms with Crippen LogP contribution in [0.5, 0.6) is 0 Å². The summed E-state index contributed by atoms with van der Waals surface area (Å²) in [6.07, 6.45) is 5.13. The molecule has 0 aromatic carbocycles. The predicted molar refractivity (Wildman–Crippen MR) is 71.7 cm³/mol. The molecule has 0 spiro atoms. The second kappa shape index (κ2) is 3.83. The lowest BCUT2D eigenvalue weighted by molar-refractivity contribution is 0.432. The van der Waals surface area contributed by atoms with Gasteiger partial charge in [0, 0.05) is 11.8 Å². The van der Waals surface area contributed by atoms with Crippen LogP contribution >= 0.6 is 0 Å². The molecule has 18 heavy (non-hydrogen) atoms. The van der Waals surface area contributed by atoms with E-state index in [1.807, 2.05) is 18.2 Å². The first-order valence-electron chi connectivity index (χ1n) is 6.39. The minimum absolute atomic E-state index is 0.116. The highest BCUT2D eigenvalue weighted by molar-refractivity contribution is 5.53. The Labute approximate surface area is 107 Å². The first kappa shape index (κ1) is 11.3. The van der Waals surface area contributed by atoms with Gasteiger partial charge in [-0.3, -0.25) is 0 Å². The zero-order valence-electron chi connectivity index (χ0n) is 10.8. The molecule has 1 aliphatic carbocycles. The fraction of sp³-hybridized carbons (Fsp3) is 0.429. The van der Waals surface area contributed by atoms with E-state index in [1.165, 1.54) is 12.0 Å². The molecule has 3 rings (SSSR count). The average molecular weight is 242 g/mol. The zero-order chi connectivity index (χ0) is 12.8. The van der Waals surface area contributed by atoms with Gasteiger partial charge in [-0.1, -0.05) is 19.9 Å². The Bertz CT molecular complexity index is 569. The standard InChI is InChI=1S/C14H18N4/c1-14(2)8-5-6-10-12(14)13(15)18(17-10)11-7-3-4-9-16-11/h3-4,7,9H,5-6,8,15H2,1-2H3. The van der Waals surface area contributed by atoms with Crippen molar-refractivity contribution in [1.29, 1.82) is 0 Å². The van der Waals surface area contributed by atoms with E-state index in [0.717, 1.165) is 30.2 Å². The summed E-state index contributed by atoms with van der Waals surface area (Å²) in [5.41, 5.74) is 8.75. The van der Waals surface area contributed by atoms with Crippen LogP contribution in [-0.2, 0) is 11.8 Å².